The number of amides is 1. The highest BCUT2D eigenvalue weighted by Gasteiger charge is 2.23. The van der Waals surface area contributed by atoms with E-state index in [0.717, 1.165) is 59.1 Å². The molecular weight excluding hydrogens is 484 g/mol. The van der Waals surface area contributed by atoms with Gasteiger partial charge in [-0.2, -0.15) is 4.98 Å². The molecule has 1 heterocycles. The van der Waals surface area contributed by atoms with Crippen molar-refractivity contribution in [1.82, 2.24) is 20.6 Å². The summed E-state index contributed by atoms with van der Waals surface area (Å²) in [5, 5.41) is 11.5. The van der Waals surface area contributed by atoms with E-state index in [4.69, 9.17) is 9.97 Å². The normalized spacial score (nSPS) is 17.9. The summed E-state index contributed by atoms with van der Waals surface area (Å²) in [6.45, 7) is 2.69. The second-order valence-electron chi connectivity index (χ2n) is 10.6. The van der Waals surface area contributed by atoms with Crippen LogP contribution in [0.4, 0.5) is 11.8 Å². The van der Waals surface area contributed by atoms with Gasteiger partial charge in [0.2, 0.25) is 5.95 Å². The zero-order chi connectivity index (χ0) is 27.2. The fraction of sp³-hybridized carbons (Fsp3) is 0.344. The molecule has 1 saturated carbocycles. The summed E-state index contributed by atoms with van der Waals surface area (Å²) in [6.07, 6.45) is 4.21. The maximum atomic E-state index is 13.1. The Bertz CT molecular complexity index is 1400. The fourth-order valence-electron chi connectivity index (χ4n) is 5.34. The van der Waals surface area contributed by atoms with E-state index in [1.807, 2.05) is 98.7 Å². The highest BCUT2D eigenvalue weighted by atomic mass is 16.1. The monoisotopic (exact) mass is 522 g/mol. The second-order valence-corrected chi connectivity index (χ2v) is 10.6. The van der Waals surface area contributed by atoms with Crippen molar-refractivity contribution < 1.29 is 4.79 Å². The van der Waals surface area contributed by atoms with E-state index in [-0.39, 0.29) is 11.9 Å². The van der Waals surface area contributed by atoms with Gasteiger partial charge in [0.25, 0.3) is 5.91 Å². The second kappa shape index (κ2) is 12.3. The first-order valence-electron chi connectivity index (χ1n) is 13.9. The maximum absolute atomic E-state index is 13.1. The van der Waals surface area contributed by atoms with Crippen LogP contribution >= 0.6 is 0 Å². The van der Waals surface area contributed by atoms with Crippen LogP contribution in [0.15, 0.2) is 78.9 Å². The van der Waals surface area contributed by atoms with Crippen molar-refractivity contribution in [2.24, 2.45) is 0 Å². The van der Waals surface area contributed by atoms with Crippen molar-refractivity contribution in [3.05, 3.63) is 95.6 Å². The lowest BCUT2D eigenvalue weighted by Gasteiger charge is -2.30. The third kappa shape index (κ3) is 6.55. The molecule has 4 aromatic rings. The predicted octanol–water partition coefficient (Wildman–Crippen LogP) is 5.70. The third-order valence-electron chi connectivity index (χ3n) is 7.56. The number of rotatable bonds is 9. The van der Waals surface area contributed by atoms with Gasteiger partial charge in [0.1, 0.15) is 5.82 Å². The Kier molecular flexibility index (Phi) is 8.37. The lowest BCUT2D eigenvalue weighted by molar-refractivity contribution is 0.0938. The molecule has 3 N–H and O–H groups in total. The van der Waals surface area contributed by atoms with Gasteiger partial charge in [-0.15, -0.1) is 0 Å². The molecule has 0 radical (unpaired) electrons. The molecule has 202 valence electrons. The summed E-state index contributed by atoms with van der Waals surface area (Å²) in [5.74, 6) is 1.59. The first-order valence-corrected chi connectivity index (χ1v) is 13.9. The summed E-state index contributed by atoms with van der Waals surface area (Å²) in [4.78, 5) is 24.7. The van der Waals surface area contributed by atoms with Gasteiger partial charge in [0, 0.05) is 43.7 Å². The summed E-state index contributed by atoms with van der Waals surface area (Å²) in [6, 6.07) is 26.8. The van der Waals surface area contributed by atoms with Gasteiger partial charge in [-0.05, 0) is 61.9 Å². The average Bonchev–Trinajstić information content (AvgIpc) is 2.97. The van der Waals surface area contributed by atoms with Crippen molar-refractivity contribution in [2.75, 3.05) is 24.3 Å². The van der Waals surface area contributed by atoms with Gasteiger partial charge >= 0.3 is 0 Å². The summed E-state index contributed by atoms with van der Waals surface area (Å²) < 4.78 is 0. The standard InChI is InChI=1S/C32H38N6O/c1-22(23-11-5-4-6-12-23)34-31(39)27-14-8-7-13-24(27)21-33-25-17-19-26(20-18-25)35-32-36-29-16-10-9-15-28(29)30(37-32)38(2)3/h4-16,22,25-26,33H,17-21H2,1-3H3,(H,34,39)(H,35,36,37)/t22-,25-,26+/m0/s1. The quantitative estimate of drug-likeness (QED) is 0.262. The molecule has 0 aliphatic heterocycles. The first-order chi connectivity index (χ1) is 19.0. The fourth-order valence-corrected chi connectivity index (χ4v) is 5.34. The predicted molar refractivity (Wildman–Crippen MR) is 159 cm³/mol. The zero-order valence-corrected chi connectivity index (χ0v) is 23.0. The largest absolute Gasteiger partial charge is 0.362 e. The number of anilines is 2. The molecule has 1 amide bonds. The minimum absolute atomic E-state index is 0.0378. The Morgan fingerprint density at radius 1 is 0.872 bits per heavy atom. The molecule has 3 aromatic carbocycles. The van der Waals surface area contributed by atoms with Crippen LogP contribution in [0.1, 0.15) is 60.1 Å². The van der Waals surface area contributed by atoms with E-state index in [1.54, 1.807) is 0 Å². The van der Waals surface area contributed by atoms with Gasteiger partial charge in [0.05, 0.1) is 11.6 Å². The molecule has 39 heavy (non-hydrogen) atoms. The minimum Gasteiger partial charge on any atom is -0.362 e. The molecule has 1 aliphatic rings. The molecule has 0 bridgehead atoms. The van der Waals surface area contributed by atoms with Crippen LogP contribution in [-0.2, 0) is 6.54 Å². The van der Waals surface area contributed by atoms with E-state index >= 15 is 0 Å². The van der Waals surface area contributed by atoms with Crippen LogP contribution in [0.25, 0.3) is 10.9 Å². The number of para-hydroxylation sites is 1. The third-order valence-corrected chi connectivity index (χ3v) is 7.56. The Morgan fingerprint density at radius 3 is 2.31 bits per heavy atom. The van der Waals surface area contributed by atoms with E-state index in [0.29, 0.717) is 24.6 Å². The van der Waals surface area contributed by atoms with E-state index < -0.39 is 0 Å². The minimum atomic E-state index is -0.0529. The average molecular weight is 523 g/mol. The summed E-state index contributed by atoms with van der Waals surface area (Å²) in [7, 11) is 4.03. The zero-order valence-electron chi connectivity index (χ0n) is 23.0. The van der Waals surface area contributed by atoms with Crippen molar-refractivity contribution in [1.29, 1.82) is 0 Å². The summed E-state index contributed by atoms with van der Waals surface area (Å²) in [5.41, 5.74) is 3.80. The van der Waals surface area contributed by atoms with Gasteiger partial charge in [-0.25, -0.2) is 4.98 Å². The number of benzene rings is 3. The number of nitrogens with one attached hydrogen (secondary N) is 3. The van der Waals surface area contributed by atoms with Crippen LogP contribution in [0.2, 0.25) is 0 Å². The molecule has 1 aromatic heterocycles. The Morgan fingerprint density at radius 2 is 1.54 bits per heavy atom. The molecule has 5 rings (SSSR count). The number of aromatic nitrogens is 2. The van der Waals surface area contributed by atoms with Gasteiger partial charge < -0.3 is 20.9 Å². The first kappa shape index (κ1) is 26.6. The molecule has 0 spiro atoms. The van der Waals surface area contributed by atoms with E-state index in [1.165, 1.54) is 0 Å². The van der Waals surface area contributed by atoms with Gasteiger partial charge in [0.15, 0.2) is 0 Å². The van der Waals surface area contributed by atoms with Gasteiger partial charge in [-0.3, -0.25) is 4.79 Å². The SMILES string of the molecule is C[C@H](NC(=O)c1ccccc1CN[C@H]1CC[C@@H](Nc2nc(N(C)C)c3ccccc3n2)CC1)c1ccccc1. The topological polar surface area (TPSA) is 82.2 Å². The summed E-state index contributed by atoms with van der Waals surface area (Å²) >= 11 is 0. The molecule has 1 atom stereocenters. The van der Waals surface area contributed by atoms with E-state index in [9.17, 15) is 4.79 Å². The van der Waals surface area contributed by atoms with Crippen molar-refractivity contribution in [2.45, 2.75) is 57.3 Å². The van der Waals surface area contributed by atoms with E-state index in [2.05, 4.69) is 22.0 Å². The molecule has 1 fully saturated rings. The smallest absolute Gasteiger partial charge is 0.252 e. The molecule has 7 nitrogen and oxygen atoms in total. The number of carbonyl (C=O) groups excluding carboxylic acids is 1. The molecule has 7 heteroatoms. The highest BCUT2D eigenvalue weighted by molar-refractivity contribution is 5.96. The Balaban J connectivity index is 1.15. The van der Waals surface area contributed by atoms with Crippen LogP contribution in [-0.4, -0.2) is 42.1 Å². The molecule has 1 aliphatic carbocycles. The number of hydrogen-bond acceptors (Lipinski definition) is 6. The van der Waals surface area contributed by atoms with Gasteiger partial charge in [-0.1, -0.05) is 60.7 Å². The van der Waals surface area contributed by atoms with Crippen molar-refractivity contribution in [3.8, 4) is 0 Å². The number of nitrogens with zero attached hydrogens (tertiary/aromatic N) is 3. The number of hydrogen-bond donors (Lipinski definition) is 3. The highest BCUT2D eigenvalue weighted by Crippen LogP contribution is 2.26. The van der Waals surface area contributed by atoms with Crippen LogP contribution in [0.5, 0.6) is 0 Å². The van der Waals surface area contributed by atoms with Crippen LogP contribution in [0, 0.1) is 0 Å². The van der Waals surface area contributed by atoms with Crippen LogP contribution < -0.4 is 20.9 Å². The van der Waals surface area contributed by atoms with Crippen molar-refractivity contribution in [3.63, 3.8) is 0 Å². The Hall–Kier alpha value is -3.97. The lowest BCUT2D eigenvalue weighted by Crippen LogP contribution is -2.37. The Labute approximate surface area is 231 Å². The maximum Gasteiger partial charge on any atom is 0.252 e. The molecule has 0 unspecified atom stereocenters. The lowest BCUT2D eigenvalue weighted by atomic mass is 9.91. The number of fused-ring (bicyclic) bond motifs is 1. The molecular formula is C32H38N6O. The van der Waals surface area contributed by atoms with Crippen molar-refractivity contribution >= 4 is 28.6 Å². The van der Waals surface area contributed by atoms with Crippen LogP contribution in [0.3, 0.4) is 0 Å². The number of carbonyl (C=O) groups is 1. The molecule has 0 saturated heterocycles.